The highest BCUT2D eigenvalue weighted by atomic mass is 79.9. The van der Waals surface area contributed by atoms with Crippen molar-refractivity contribution in [3.63, 3.8) is 0 Å². The summed E-state index contributed by atoms with van der Waals surface area (Å²) in [7, 11) is 1.73. The molecule has 1 aromatic rings. The van der Waals surface area contributed by atoms with Crippen molar-refractivity contribution in [3.8, 4) is 0 Å². The van der Waals surface area contributed by atoms with Crippen molar-refractivity contribution < 1.29 is 9.53 Å². The van der Waals surface area contributed by atoms with Gasteiger partial charge < -0.3 is 14.2 Å². The predicted octanol–water partition coefficient (Wildman–Crippen LogP) is 3.08. The van der Waals surface area contributed by atoms with Crippen LogP contribution in [0.15, 0.2) is 16.7 Å². The molecule has 0 N–H and O–H groups in total. The number of piperidine rings is 1. The molecule has 2 aliphatic rings. The first-order chi connectivity index (χ1) is 9.69. The number of carbonyl (C=O) groups is 1. The van der Waals surface area contributed by atoms with Crippen LogP contribution in [0.2, 0.25) is 0 Å². The van der Waals surface area contributed by atoms with Crippen LogP contribution in [0.4, 0.5) is 0 Å². The number of hydrogen-bond acceptors (Lipinski definition) is 2. The average Bonchev–Trinajstić information content (AvgIpc) is 3.21. The minimum atomic E-state index is 0.170. The molecule has 0 aromatic carbocycles. The van der Waals surface area contributed by atoms with E-state index in [2.05, 4.69) is 20.5 Å². The van der Waals surface area contributed by atoms with Gasteiger partial charge in [0.1, 0.15) is 5.69 Å². The highest BCUT2D eigenvalue weighted by Crippen LogP contribution is 2.38. The summed E-state index contributed by atoms with van der Waals surface area (Å²) in [6, 6.07) is 2.49. The number of halogens is 1. The maximum Gasteiger partial charge on any atom is 0.270 e. The molecule has 20 heavy (non-hydrogen) atoms. The lowest BCUT2D eigenvalue weighted by atomic mass is 9.99. The van der Waals surface area contributed by atoms with Crippen molar-refractivity contribution >= 4 is 21.8 Å². The van der Waals surface area contributed by atoms with Crippen LogP contribution < -0.4 is 0 Å². The number of ether oxygens (including phenoxy) is 1. The summed E-state index contributed by atoms with van der Waals surface area (Å²) < 4.78 is 8.38. The molecule has 0 bridgehead atoms. The summed E-state index contributed by atoms with van der Waals surface area (Å²) >= 11 is 3.50. The number of rotatable bonds is 4. The molecule has 1 saturated heterocycles. The van der Waals surface area contributed by atoms with Crippen LogP contribution in [0.3, 0.4) is 0 Å². The van der Waals surface area contributed by atoms with Crippen LogP contribution in [-0.2, 0) is 4.74 Å². The van der Waals surface area contributed by atoms with E-state index in [1.165, 1.54) is 12.8 Å². The SMILES string of the molecule is COCC1CCCN(C(=O)c2cc(Br)cn2C2CC2)C1. The van der Waals surface area contributed by atoms with E-state index in [0.717, 1.165) is 42.7 Å². The summed E-state index contributed by atoms with van der Waals surface area (Å²) in [4.78, 5) is 14.8. The minimum Gasteiger partial charge on any atom is -0.384 e. The Morgan fingerprint density at radius 1 is 1.45 bits per heavy atom. The van der Waals surface area contributed by atoms with E-state index in [0.29, 0.717) is 12.0 Å². The van der Waals surface area contributed by atoms with Crippen LogP contribution >= 0.6 is 15.9 Å². The molecule has 1 aliphatic carbocycles. The summed E-state index contributed by atoms with van der Waals surface area (Å²) in [6.07, 6.45) is 6.65. The third-order valence-corrected chi connectivity index (χ3v) is 4.62. The molecule has 0 spiro atoms. The van der Waals surface area contributed by atoms with E-state index in [9.17, 15) is 4.79 Å². The Hall–Kier alpha value is -0.810. The fraction of sp³-hybridized carbons (Fsp3) is 0.667. The molecule has 1 aliphatic heterocycles. The molecule has 3 rings (SSSR count). The van der Waals surface area contributed by atoms with Crippen LogP contribution in [-0.4, -0.2) is 42.2 Å². The van der Waals surface area contributed by atoms with Crippen molar-refractivity contribution in [1.82, 2.24) is 9.47 Å². The van der Waals surface area contributed by atoms with Crippen LogP contribution in [0.1, 0.15) is 42.2 Å². The highest BCUT2D eigenvalue weighted by molar-refractivity contribution is 9.10. The van der Waals surface area contributed by atoms with Gasteiger partial charge in [-0.2, -0.15) is 0 Å². The number of methoxy groups -OCH3 is 1. The molecule has 5 heteroatoms. The Balaban J connectivity index is 1.74. The van der Waals surface area contributed by atoms with Crippen LogP contribution in [0.5, 0.6) is 0 Å². The number of hydrogen-bond donors (Lipinski definition) is 0. The third kappa shape index (κ3) is 2.93. The second-order valence-electron chi connectivity index (χ2n) is 5.90. The van der Waals surface area contributed by atoms with Crippen molar-refractivity contribution in [1.29, 1.82) is 0 Å². The van der Waals surface area contributed by atoms with Gasteiger partial charge in [-0.1, -0.05) is 0 Å². The average molecular weight is 341 g/mol. The van der Waals surface area contributed by atoms with Gasteiger partial charge in [0, 0.05) is 36.9 Å². The van der Waals surface area contributed by atoms with E-state index >= 15 is 0 Å². The smallest absolute Gasteiger partial charge is 0.270 e. The maximum atomic E-state index is 12.8. The first-order valence-corrected chi connectivity index (χ1v) is 8.14. The predicted molar refractivity (Wildman–Crippen MR) is 80.9 cm³/mol. The summed E-state index contributed by atoms with van der Waals surface area (Å²) in [5.74, 6) is 0.647. The first-order valence-electron chi connectivity index (χ1n) is 7.34. The van der Waals surface area contributed by atoms with Crippen molar-refractivity contribution in [2.75, 3.05) is 26.8 Å². The molecule has 1 unspecified atom stereocenters. The Labute approximate surface area is 128 Å². The lowest BCUT2D eigenvalue weighted by Gasteiger charge is -2.32. The normalized spacial score (nSPS) is 23.1. The van der Waals surface area contributed by atoms with E-state index in [1.54, 1.807) is 7.11 Å². The topological polar surface area (TPSA) is 34.5 Å². The van der Waals surface area contributed by atoms with Gasteiger partial charge in [0.25, 0.3) is 5.91 Å². The lowest BCUT2D eigenvalue weighted by molar-refractivity contribution is 0.0561. The van der Waals surface area contributed by atoms with Gasteiger partial charge >= 0.3 is 0 Å². The molecular formula is C15H21BrN2O2. The summed E-state index contributed by atoms with van der Waals surface area (Å²) in [6.45, 7) is 2.43. The van der Waals surface area contributed by atoms with Gasteiger partial charge in [-0.15, -0.1) is 0 Å². The quantitative estimate of drug-likeness (QED) is 0.844. The molecule has 1 aromatic heterocycles. The Bertz CT molecular complexity index is 494. The standard InChI is InChI=1S/C15H21BrN2O2/c1-20-10-11-3-2-6-17(8-11)15(19)14-7-12(16)9-18(14)13-4-5-13/h7,9,11,13H,2-6,8,10H2,1H3. The van der Waals surface area contributed by atoms with E-state index < -0.39 is 0 Å². The Morgan fingerprint density at radius 2 is 2.25 bits per heavy atom. The van der Waals surface area contributed by atoms with Gasteiger partial charge in [-0.25, -0.2) is 0 Å². The summed E-state index contributed by atoms with van der Waals surface area (Å²) in [5.41, 5.74) is 0.831. The molecule has 2 heterocycles. The fourth-order valence-corrected chi connectivity index (χ4v) is 3.49. The molecule has 0 radical (unpaired) electrons. The maximum absolute atomic E-state index is 12.8. The number of amides is 1. The molecule has 2 fully saturated rings. The van der Waals surface area contributed by atoms with Gasteiger partial charge in [0.2, 0.25) is 0 Å². The largest absolute Gasteiger partial charge is 0.384 e. The monoisotopic (exact) mass is 340 g/mol. The number of nitrogens with zero attached hydrogens (tertiary/aromatic N) is 2. The van der Waals surface area contributed by atoms with Gasteiger partial charge in [-0.05, 0) is 53.6 Å². The highest BCUT2D eigenvalue weighted by Gasteiger charge is 2.31. The zero-order chi connectivity index (χ0) is 14.1. The van der Waals surface area contributed by atoms with Crippen LogP contribution in [0.25, 0.3) is 0 Å². The van der Waals surface area contributed by atoms with E-state index in [1.807, 2.05) is 17.2 Å². The first kappa shape index (κ1) is 14.1. The Morgan fingerprint density at radius 3 is 2.95 bits per heavy atom. The molecule has 1 saturated carbocycles. The van der Waals surface area contributed by atoms with Gasteiger partial charge in [0.15, 0.2) is 0 Å². The van der Waals surface area contributed by atoms with Crippen molar-refractivity contribution in [3.05, 3.63) is 22.4 Å². The van der Waals surface area contributed by atoms with E-state index in [-0.39, 0.29) is 5.91 Å². The van der Waals surface area contributed by atoms with Gasteiger partial charge in [-0.3, -0.25) is 4.79 Å². The number of likely N-dealkylation sites (tertiary alicyclic amines) is 1. The zero-order valence-corrected chi connectivity index (χ0v) is 13.4. The van der Waals surface area contributed by atoms with E-state index in [4.69, 9.17) is 4.74 Å². The summed E-state index contributed by atoms with van der Waals surface area (Å²) in [5, 5.41) is 0. The number of aromatic nitrogens is 1. The lowest BCUT2D eigenvalue weighted by Crippen LogP contribution is -2.41. The molecule has 1 atom stereocenters. The van der Waals surface area contributed by atoms with Gasteiger partial charge in [0.05, 0.1) is 6.61 Å². The second kappa shape index (κ2) is 5.90. The zero-order valence-electron chi connectivity index (χ0n) is 11.8. The molecule has 4 nitrogen and oxygen atoms in total. The van der Waals surface area contributed by atoms with Crippen molar-refractivity contribution in [2.45, 2.75) is 31.7 Å². The fourth-order valence-electron chi connectivity index (χ4n) is 3.06. The van der Waals surface area contributed by atoms with Crippen molar-refractivity contribution in [2.24, 2.45) is 5.92 Å². The second-order valence-corrected chi connectivity index (χ2v) is 6.81. The number of carbonyl (C=O) groups excluding carboxylic acids is 1. The molecule has 110 valence electrons. The minimum absolute atomic E-state index is 0.170. The third-order valence-electron chi connectivity index (χ3n) is 4.18. The van der Waals surface area contributed by atoms with Crippen LogP contribution in [0, 0.1) is 5.92 Å². The molecular weight excluding hydrogens is 320 g/mol. The Kier molecular flexibility index (Phi) is 4.17. The molecule has 1 amide bonds.